The number of ether oxygens (including phenoxy) is 1. The Labute approximate surface area is 124 Å². The van der Waals surface area contributed by atoms with Gasteiger partial charge < -0.3 is 14.3 Å². The Morgan fingerprint density at radius 2 is 2.30 bits per heavy atom. The molecular formula is C11H14BrNO6S. The van der Waals surface area contributed by atoms with Gasteiger partial charge in [0.1, 0.15) is 4.90 Å². The molecule has 112 valence electrons. The molecule has 1 N–H and O–H groups in total. The summed E-state index contributed by atoms with van der Waals surface area (Å²) in [7, 11) is -3.82. The topological polar surface area (TPSA) is 97.0 Å². The van der Waals surface area contributed by atoms with Crippen molar-refractivity contribution in [1.29, 1.82) is 0 Å². The van der Waals surface area contributed by atoms with Crippen molar-refractivity contribution in [1.82, 2.24) is 4.31 Å². The van der Waals surface area contributed by atoms with Gasteiger partial charge in [0.05, 0.1) is 13.2 Å². The summed E-state index contributed by atoms with van der Waals surface area (Å²) in [5, 5.41) is 8.85. The molecule has 2 rings (SSSR count). The smallest absolute Gasteiger partial charge is 0.371 e. The van der Waals surface area contributed by atoms with Gasteiger partial charge in [-0.05, 0) is 22.4 Å². The summed E-state index contributed by atoms with van der Waals surface area (Å²) in [6.07, 6.45) is 0.612. The van der Waals surface area contributed by atoms with Gasteiger partial charge in [0.25, 0.3) is 0 Å². The van der Waals surface area contributed by atoms with Crippen LogP contribution in [0.3, 0.4) is 0 Å². The molecule has 2 heterocycles. The molecule has 7 nitrogen and oxygen atoms in total. The van der Waals surface area contributed by atoms with Crippen LogP contribution in [0.5, 0.6) is 0 Å². The summed E-state index contributed by atoms with van der Waals surface area (Å²) in [4.78, 5) is 10.7. The van der Waals surface area contributed by atoms with Crippen molar-refractivity contribution >= 4 is 31.9 Å². The molecule has 1 aliphatic rings. The van der Waals surface area contributed by atoms with Crippen molar-refractivity contribution in [2.24, 2.45) is 0 Å². The zero-order valence-electron chi connectivity index (χ0n) is 10.7. The standard InChI is InChI=1S/C11H14BrNO6S/c1-2-7-6-18-4-3-13(7)20(16,17)9-5-8(11(14)15)19-10(9)12/h5,7H,2-4,6H2,1H3,(H,14,15). The third kappa shape index (κ3) is 2.76. The Morgan fingerprint density at radius 1 is 1.60 bits per heavy atom. The average Bonchev–Trinajstić information content (AvgIpc) is 2.81. The van der Waals surface area contributed by atoms with Gasteiger partial charge in [-0.2, -0.15) is 4.31 Å². The molecule has 0 spiro atoms. The predicted octanol–water partition coefficient (Wildman–Crippen LogP) is 1.54. The number of morpholine rings is 1. The third-order valence-electron chi connectivity index (χ3n) is 3.10. The molecule has 0 saturated carbocycles. The number of carboxylic acid groups (broad SMARTS) is 1. The van der Waals surface area contributed by atoms with Gasteiger partial charge in [-0.3, -0.25) is 0 Å². The van der Waals surface area contributed by atoms with Crippen LogP contribution in [0.25, 0.3) is 0 Å². The SMILES string of the molecule is CCC1COCCN1S(=O)(=O)c1cc(C(=O)O)oc1Br. The van der Waals surface area contributed by atoms with E-state index in [1.54, 1.807) is 0 Å². The largest absolute Gasteiger partial charge is 0.475 e. The molecule has 1 atom stereocenters. The number of hydrogen-bond acceptors (Lipinski definition) is 5. The number of nitrogens with zero attached hydrogens (tertiary/aromatic N) is 1. The zero-order chi connectivity index (χ0) is 14.9. The lowest BCUT2D eigenvalue weighted by Crippen LogP contribution is -2.48. The van der Waals surface area contributed by atoms with Gasteiger partial charge in [-0.1, -0.05) is 6.92 Å². The molecule has 0 aromatic carbocycles. The van der Waals surface area contributed by atoms with Crippen LogP contribution in [-0.2, 0) is 14.8 Å². The first-order chi connectivity index (χ1) is 9.37. The lowest BCUT2D eigenvalue weighted by Gasteiger charge is -2.33. The van der Waals surface area contributed by atoms with E-state index < -0.39 is 21.8 Å². The van der Waals surface area contributed by atoms with E-state index in [9.17, 15) is 13.2 Å². The zero-order valence-corrected chi connectivity index (χ0v) is 13.1. The van der Waals surface area contributed by atoms with Crippen LogP contribution < -0.4 is 0 Å². The fourth-order valence-electron chi connectivity index (χ4n) is 2.04. The second kappa shape index (κ2) is 5.84. The molecule has 9 heteroatoms. The number of rotatable bonds is 4. The van der Waals surface area contributed by atoms with Crippen molar-refractivity contribution in [2.75, 3.05) is 19.8 Å². The maximum absolute atomic E-state index is 12.6. The first-order valence-electron chi connectivity index (χ1n) is 6.00. The lowest BCUT2D eigenvalue weighted by atomic mass is 10.2. The number of halogens is 1. The molecular weight excluding hydrogens is 354 g/mol. The third-order valence-corrected chi connectivity index (χ3v) is 5.91. The molecule has 0 bridgehead atoms. The van der Waals surface area contributed by atoms with Crippen LogP contribution in [0.1, 0.15) is 23.9 Å². The summed E-state index contributed by atoms with van der Waals surface area (Å²) in [6.45, 7) is 2.75. The van der Waals surface area contributed by atoms with Crippen molar-refractivity contribution in [2.45, 2.75) is 24.3 Å². The Hall–Kier alpha value is -0.900. The maximum atomic E-state index is 12.6. The molecule has 0 aliphatic carbocycles. The van der Waals surface area contributed by atoms with E-state index in [-0.39, 0.29) is 22.2 Å². The van der Waals surface area contributed by atoms with Gasteiger partial charge in [-0.15, -0.1) is 0 Å². The van der Waals surface area contributed by atoms with Gasteiger partial charge >= 0.3 is 5.97 Å². The van der Waals surface area contributed by atoms with Crippen molar-refractivity contribution in [3.05, 3.63) is 16.5 Å². The van der Waals surface area contributed by atoms with E-state index in [4.69, 9.17) is 14.3 Å². The van der Waals surface area contributed by atoms with E-state index in [2.05, 4.69) is 15.9 Å². The second-order valence-electron chi connectivity index (χ2n) is 4.31. The summed E-state index contributed by atoms with van der Waals surface area (Å²) < 4.78 is 36.6. The Kier molecular flexibility index (Phi) is 4.52. The van der Waals surface area contributed by atoms with Gasteiger partial charge in [0.15, 0.2) is 4.67 Å². The van der Waals surface area contributed by atoms with Gasteiger partial charge in [0, 0.05) is 18.7 Å². The van der Waals surface area contributed by atoms with Crippen LogP contribution in [0.2, 0.25) is 0 Å². The first kappa shape index (κ1) is 15.5. The highest BCUT2D eigenvalue weighted by Gasteiger charge is 2.36. The Balaban J connectivity index is 2.41. The summed E-state index contributed by atoms with van der Waals surface area (Å²) in [5.41, 5.74) is 0. The van der Waals surface area contributed by atoms with Crippen molar-refractivity contribution < 1.29 is 27.5 Å². The molecule has 20 heavy (non-hydrogen) atoms. The molecule has 1 fully saturated rings. The number of carbonyl (C=O) groups is 1. The first-order valence-corrected chi connectivity index (χ1v) is 8.23. The van der Waals surface area contributed by atoms with E-state index >= 15 is 0 Å². The van der Waals surface area contributed by atoms with Crippen LogP contribution in [0.4, 0.5) is 0 Å². The van der Waals surface area contributed by atoms with Crippen LogP contribution in [-0.4, -0.2) is 49.6 Å². The predicted molar refractivity (Wildman–Crippen MR) is 72.2 cm³/mol. The Morgan fingerprint density at radius 3 is 2.85 bits per heavy atom. The monoisotopic (exact) mass is 367 g/mol. The number of sulfonamides is 1. The lowest BCUT2D eigenvalue weighted by molar-refractivity contribution is 0.0314. The highest BCUT2D eigenvalue weighted by Crippen LogP contribution is 2.30. The van der Waals surface area contributed by atoms with Crippen molar-refractivity contribution in [3.8, 4) is 0 Å². The fourth-order valence-corrected chi connectivity index (χ4v) is 4.61. The normalized spacial score (nSPS) is 21.0. The molecule has 0 radical (unpaired) electrons. The fraction of sp³-hybridized carbons (Fsp3) is 0.545. The minimum atomic E-state index is -3.82. The summed E-state index contributed by atoms with van der Waals surface area (Å²) in [5.74, 6) is -1.74. The quantitative estimate of drug-likeness (QED) is 0.866. The molecule has 1 saturated heterocycles. The molecule has 1 aliphatic heterocycles. The highest BCUT2D eigenvalue weighted by molar-refractivity contribution is 9.10. The number of furan rings is 1. The summed E-state index contributed by atoms with van der Waals surface area (Å²) in [6, 6.07) is 0.757. The number of aromatic carboxylic acids is 1. The van der Waals surface area contributed by atoms with Gasteiger partial charge in [0.2, 0.25) is 15.8 Å². The molecule has 1 unspecified atom stereocenters. The van der Waals surface area contributed by atoms with E-state index in [0.29, 0.717) is 19.6 Å². The van der Waals surface area contributed by atoms with Gasteiger partial charge in [-0.25, -0.2) is 13.2 Å². The summed E-state index contributed by atoms with van der Waals surface area (Å²) >= 11 is 2.96. The minimum Gasteiger partial charge on any atom is -0.475 e. The van der Waals surface area contributed by atoms with E-state index in [1.165, 1.54) is 4.31 Å². The number of carboxylic acids is 1. The van der Waals surface area contributed by atoms with Crippen LogP contribution in [0, 0.1) is 0 Å². The molecule has 1 aromatic heterocycles. The molecule has 1 aromatic rings. The van der Waals surface area contributed by atoms with Crippen molar-refractivity contribution in [3.63, 3.8) is 0 Å². The minimum absolute atomic E-state index is 0.101. The second-order valence-corrected chi connectivity index (χ2v) is 6.89. The molecule has 0 amide bonds. The maximum Gasteiger partial charge on any atom is 0.371 e. The van der Waals surface area contributed by atoms with Crippen LogP contribution >= 0.6 is 15.9 Å². The Bertz CT molecular complexity index is 610. The number of hydrogen-bond donors (Lipinski definition) is 1. The van der Waals surface area contributed by atoms with E-state index in [0.717, 1.165) is 6.07 Å². The average molecular weight is 368 g/mol. The van der Waals surface area contributed by atoms with E-state index in [1.807, 2.05) is 6.92 Å². The highest BCUT2D eigenvalue weighted by atomic mass is 79.9. The van der Waals surface area contributed by atoms with Crippen LogP contribution in [0.15, 0.2) is 20.0 Å².